The van der Waals surface area contributed by atoms with Crippen LogP contribution in [0.4, 0.5) is 0 Å². The van der Waals surface area contributed by atoms with Gasteiger partial charge in [0.15, 0.2) is 5.16 Å². The van der Waals surface area contributed by atoms with E-state index in [0.29, 0.717) is 11.3 Å². The lowest BCUT2D eigenvalue weighted by molar-refractivity contribution is 0.287. The molecular formula is C16H27N3S. The van der Waals surface area contributed by atoms with Crippen molar-refractivity contribution in [2.75, 3.05) is 6.54 Å². The van der Waals surface area contributed by atoms with E-state index in [9.17, 15) is 0 Å². The van der Waals surface area contributed by atoms with E-state index in [-0.39, 0.29) is 0 Å². The summed E-state index contributed by atoms with van der Waals surface area (Å²) in [6.07, 6.45) is 11.5. The molecule has 2 rings (SSSR count). The van der Waals surface area contributed by atoms with E-state index in [2.05, 4.69) is 29.1 Å². The summed E-state index contributed by atoms with van der Waals surface area (Å²) in [7, 11) is 0. The van der Waals surface area contributed by atoms with Gasteiger partial charge in [-0.15, -0.1) is 0 Å². The van der Waals surface area contributed by atoms with Gasteiger partial charge in [-0.25, -0.2) is 9.97 Å². The largest absolute Gasteiger partial charge is 0.313 e. The summed E-state index contributed by atoms with van der Waals surface area (Å²) in [5.74, 6) is 0.890. The van der Waals surface area contributed by atoms with Crippen LogP contribution in [-0.2, 0) is 0 Å². The molecule has 0 bridgehead atoms. The fourth-order valence-corrected chi connectivity index (χ4v) is 4.34. The second-order valence-corrected chi connectivity index (χ2v) is 6.92. The molecule has 1 aromatic rings. The Kier molecular flexibility index (Phi) is 6.80. The van der Waals surface area contributed by atoms with E-state index >= 15 is 0 Å². The van der Waals surface area contributed by atoms with E-state index in [1.807, 2.05) is 30.2 Å². The van der Waals surface area contributed by atoms with Crippen LogP contribution in [0.1, 0.15) is 52.4 Å². The Morgan fingerprint density at radius 1 is 1.20 bits per heavy atom. The van der Waals surface area contributed by atoms with Gasteiger partial charge in [0.1, 0.15) is 0 Å². The molecule has 1 saturated carbocycles. The molecule has 3 nitrogen and oxygen atoms in total. The Morgan fingerprint density at radius 2 is 2.00 bits per heavy atom. The second kappa shape index (κ2) is 8.63. The van der Waals surface area contributed by atoms with Gasteiger partial charge in [-0.3, -0.25) is 0 Å². The quantitative estimate of drug-likeness (QED) is 0.774. The highest BCUT2D eigenvalue weighted by molar-refractivity contribution is 7.99. The maximum Gasteiger partial charge on any atom is 0.187 e. The molecule has 1 fully saturated rings. The van der Waals surface area contributed by atoms with Gasteiger partial charge in [-0.2, -0.15) is 0 Å². The number of hydrogen-bond acceptors (Lipinski definition) is 4. The number of hydrogen-bond donors (Lipinski definition) is 1. The van der Waals surface area contributed by atoms with Gasteiger partial charge in [-0.1, -0.05) is 38.5 Å². The van der Waals surface area contributed by atoms with Crippen LogP contribution in [0, 0.1) is 5.92 Å². The fraction of sp³-hybridized carbons (Fsp3) is 0.750. The van der Waals surface area contributed by atoms with Gasteiger partial charge in [0.05, 0.1) is 0 Å². The zero-order valence-electron chi connectivity index (χ0n) is 12.7. The van der Waals surface area contributed by atoms with Crippen molar-refractivity contribution in [3.05, 3.63) is 18.5 Å². The summed E-state index contributed by atoms with van der Waals surface area (Å²) in [4.78, 5) is 8.77. The molecule has 0 amide bonds. The Hall–Kier alpha value is -0.610. The first-order chi connectivity index (χ1) is 9.83. The summed E-state index contributed by atoms with van der Waals surface area (Å²) >= 11 is 1.87. The summed E-state index contributed by atoms with van der Waals surface area (Å²) in [5, 5.41) is 5.28. The lowest BCUT2D eigenvalue weighted by atomic mass is 9.83. The molecule has 3 atom stereocenters. The second-order valence-electron chi connectivity index (χ2n) is 5.72. The van der Waals surface area contributed by atoms with Crippen molar-refractivity contribution in [3.8, 4) is 0 Å². The molecule has 3 unspecified atom stereocenters. The molecule has 0 radical (unpaired) electrons. The molecule has 112 valence electrons. The average Bonchev–Trinajstić information content (AvgIpc) is 2.48. The van der Waals surface area contributed by atoms with Crippen LogP contribution >= 0.6 is 11.8 Å². The van der Waals surface area contributed by atoms with E-state index in [4.69, 9.17) is 0 Å². The molecule has 4 heteroatoms. The summed E-state index contributed by atoms with van der Waals surface area (Å²) in [6.45, 7) is 5.65. The van der Waals surface area contributed by atoms with Crippen LogP contribution in [0.15, 0.2) is 23.6 Å². The van der Waals surface area contributed by atoms with Crippen molar-refractivity contribution < 1.29 is 0 Å². The maximum atomic E-state index is 4.38. The van der Waals surface area contributed by atoms with Crippen molar-refractivity contribution in [1.29, 1.82) is 0 Å². The highest BCUT2D eigenvalue weighted by Crippen LogP contribution is 2.36. The number of thioether (sulfide) groups is 1. The third-order valence-electron chi connectivity index (χ3n) is 4.05. The number of rotatable bonds is 7. The van der Waals surface area contributed by atoms with Crippen LogP contribution in [0.5, 0.6) is 0 Å². The van der Waals surface area contributed by atoms with E-state index < -0.39 is 0 Å². The zero-order valence-corrected chi connectivity index (χ0v) is 13.5. The molecular weight excluding hydrogens is 266 g/mol. The van der Waals surface area contributed by atoms with Crippen molar-refractivity contribution in [1.82, 2.24) is 15.3 Å². The summed E-state index contributed by atoms with van der Waals surface area (Å²) in [5.41, 5.74) is 0. The SMILES string of the molecule is CCCNC1CCC(CCC)CC1Sc1ncccn1. The minimum atomic E-state index is 0.620. The summed E-state index contributed by atoms with van der Waals surface area (Å²) in [6, 6.07) is 2.51. The minimum Gasteiger partial charge on any atom is -0.313 e. The third kappa shape index (κ3) is 4.74. The highest BCUT2D eigenvalue weighted by atomic mass is 32.2. The Bertz CT molecular complexity index is 371. The van der Waals surface area contributed by atoms with Gasteiger partial charge >= 0.3 is 0 Å². The monoisotopic (exact) mass is 293 g/mol. The van der Waals surface area contributed by atoms with Crippen molar-refractivity contribution >= 4 is 11.8 Å². The molecule has 1 N–H and O–H groups in total. The lowest BCUT2D eigenvalue weighted by Gasteiger charge is -2.36. The van der Waals surface area contributed by atoms with Gasteiger partial charge in [0.2, 0.25) is 0 Å². The number of nitrogens with zero attached hydrogens (tertiary/aromatic N) is 2. The van der Waals surface area contributed by atoms with Crippen molar-refractivity contribution in [2.45, 2.75) is 68.8 Å². The van der Waals surface area contributed by atoms with Crippen LogP contribution in [0.25, 0.3) is 0 Å². The lowest BCUT2D eigenvalue weighted by Crippen LogP contribution is -2.43. The highest BCUT2D eigenvalue weighted by Gasteiger charge is 2.30. The van der Waals surface area contributed by atoms with E-state index in [0.717, 1.165) is 17.6 Å². The minimum absolute atomic E-state index is 0.620. The molecule has 20 heavy (non-hydrogen) atoms. The van der Waals surface area contributed by atoms with Gasteiger partial charge in [-0.05, 0) is 44.2 Å². The molecule has 1 aliphatic rings. The van der Waals surface area contributed by atoms with Gasteiger partial charge in [0.25, 0.3) is 0 Å². The fourth-order valence-electron chi connectivity index (χ4n) is 3.06. The Balaban J connectivity index is 1.97. The predicted octanol–water partition coefficient (Wildman–Crippen LogP) is 3.91. The molecule has 0 spiro atoms. The van der Waals surface area contributed by atoms with Gasteiger partial charge in [0, 0.05) is 23.7 Å². The standard InChI is InChI=1S/C16H27N3S/c1-3-6-13-7-8-14(17-9-4-2)15(12-13)20-16-18-10-5-11-19-16/h5,10-11,13-15,17H,3-4,6-9,12H2,1-2H3. The summed E-state index contributed by atoms with van der Waals surface area (Å²) < 4.78 is 0. The first-order valence-corrected chi connectivity index (χ1v) is 8.88. The van der Waals surface area contributed by atoms with Crippen LogP contribution < -0.4 is 5.32 Å². The number of aromatic nitrogens is 2. The topological polar surface area (TPSA) is 37.8 Å². The molecule has 1 heterocycles. The van der Waals surface area contributed by atoms with Crippen molar-refractivity contribution in [3.63, 3.8) is 0 Å². The van der Waals surface area contributed by atoms with Crippen LogP contribution in [-0.4, -0.2) is 27.8 Å². The molecule has 0 saturated heterocycles. The van der Waals surface area contributed by atoms with Gasteiger partial charge < -0.3 is 5.32 Å². The maximum absolute atomic E-state index is 4.38. The molecule has 0 aliphatic heterocycles. The van der Waals surface area contributed by atoms with Crippen molar-refractivity contribution in [2.24, 2.45) is 5.92 Å². The van der Waals surface area contributed by atoms with E-state index in [1.165, 1.54) is 38.5 Å². The predicted molar refractivity (Wildman–Crippen MR) is 86.0 cm³/mol. The molecule has 0 aromatic carbocycles. The van der Waals surface area contributed by atoms with Crippen LogP contribution in [0.2, 0.25) is 0 Å². The Labute approximate surface area is 127 Å². The van der Waals surface area contributed by atoms with E-state index in [1.54, 1.807) is 0 Å². The first-order valence-electron chi connectivity index (χ1n) is 8.00. The third-order valence-corrected chi connectivity index (χ3v) is 5.30. The Morgan fingerprint density at radius 3 is 2.70 bits per heavy atom. The number of nitrogens with one attached hydrogen (secondary N) is 1. The van der Waals surface area contributed by atoms with Crippen LogP contribution in [0.3, 0.4) is 0 Å². The first kappa shape index (κ1) is 15.8. The molecule has 1 aliphatic carbocycles. The zero-order chi connectivity index (χ0) is 14.2. The smallest absolute Gasteiger partial charge is 0.187 e. The average molecular weight is 293 g/mol. The molecule has 1 aromatic heterocycles. The normalized spacial score (nSPS) is 26.6.